The van der Waals surface area contributed by atoms with Crippen LogP contribution in [0.2, 0.25) is 0 Å². The van der Waals surface area contributed by atoms with Gasteiger partial charge in [-0.25, -0.2) is 0 Å². The Hall–Kier alpha value is -1.09. The Kier molecular flexibility index (Phi) is 4.59. The maximum atomic E-state index is 4.37. The maximum absolute atomic E-state index is 4.37. The molecule has 96 valence electrons. The Labute approximate surface area is 117 Å². The molecule has 1 heterocycles. The highest BCUT2D eigenvalue weighted by atomic mass is 79.9. The minimum Gasteiger partial charge on any atom is -0.267 e. The van der Waals surface area contributed by atoms with Crippen molar-refractivity contribution < 1.29 is 0 Å². The first kappa shape index (κ1) is 13.3. The van der Waals surface area contributed by atoms with E-state index < -0.39 is 0 Å². The van der Waals surface area contributed by atoms with Gasteiger partial charge in [0.2, 0.25) is 0 Å². The molecule has 0 saturated carbocycles. The lowest BCUT2D eigenvalue weighted by Crippen LogP contribution is -2.08. The molecule has 2 nitrogen and oxygen atoms in total. The van der Waals surface area contributed by atoms with Crippen molar-refractivity contribution in [2.75, 3.05) is 0 Å². The number of aromatic nitrogens is 2. The summed E-state index contributed by atoms with van der Waals surface area (Å²) in [6.45, 7) is 4.33. The summed E-state index contributed by atoms with van der Waals surface area (Å²) < 4.78 is 2.10. The Morgan fingerprint density at radius 1 is 1.17 bits per heavy atom. The average Bonchev–Trinajstić information content (AvgIpc) is 2.85. The number of hydrogen-bond donors (Lipinski definition) is 0. The highest BCUT2D eigenvalue weighted by molar-refractivity contribution is 9.09. The monoisotopic (exact) mass is 306 g/mol. The quantitative estimate of drug-likeness (QED) is 0.742. The lowest BCUT2D eigenvalue weighted by atomic mass is 10.1. The molecule has 18 heavy (non-hydrogen) atoms. The van der Waals surface area contributed by atoms with E-state index in [0.717, 1.165) is 12.8 Å². The number of halogens is 1. The van der Waals surface area contributed by atoms with Gasteiger partial charge in [-0.2, -0.15) is 5.10 Å². The summed E-state index contributed by atoms with van der Waals surface area (Å²) in [7, 11) is 0. The highest BCUT2D eigenvalue weighted by Gasteiger charge is 2.10. The normalized spacial score (nSPS) is 12.9. The van der Waals surface area contributed by atoms with Crippen LogP contribution in [0, 0.1) is 0 Å². The lowest BCUT2D eigenvalue weighted by molar-refractivity contribution is 0.505. The standard InChI is InChI=1S/C15H19BrN2/c1-12(2)18-14(10-11-17-18)8-9-15(16)13-6-4-3-5-7-13/h3-7,10-12,15H,8-9H2,1-2H3. The molecule has 2 rings (SSSR count). The summed E-state index contributed by atoms with van der Waals surface area (Å²) >= 11 is 3.76. The lowest BCUT2D eigenvalue weighted by Gasteiger charge is -2.13. The molecule has 1 unspecified atom stereocenters. The van der Waals surface area contributed by atoms with E-state index in [-0.39, 0.29) is 0 Å². The van der Waals surface area contributed by atoms with Crippen molar-refractivity contribution in [1.29, 1.82) is 0 Å². The summed E-state index contributed by atoms with van der Waals surface area (Å²) in [6.07, 6.45) is 4.02. The van der Waals surface area contributed by atoms with Crippen molar-refractivity contribution in [2.45, 2.75) is 37.6 Å². The van der Waals surface area contributed by atoms with Gasteiger partial charge in [0.1, 0.15) is 0 Å². The van der Waals surface area contributed by atoms with Gasteiger partial charge in [0.05, 0.1) is 0 Å². The number of nitrogens with zero attached hydrogens (tertiary/aromatic N) is 2. The molecule has 0 aliphatic rings. The first-order chi connectivity index (χ1) is 8.68. The molecule has 2 aromatic rings. The number of hydrogen-bond acceptors (Lipinski definition) is 1. The number of alkyl halides is 1. The van der Waals surface area contributed by atoms with Crippen molar-refractivity contribution in [3.63, 3.8) is 0 Å². The largest absolute Gasteiger partial charge is 0.267 e. The highest BCUT2D eigenvalue weighted by Crippen LogP contribution is 2.27. The Morgan fingerprint density at radius 3 is 2.56 bits per heavy atom. The summed E-state index contributed by atoms with van der Waals surface area (Å²) in [5.74, 6) is 0. The van der Waals surface area contributed by atoms with Gasteiger partial charge in [0.15, 0.2) is 0 Å². The van der Waals surface area contributed by atoms with E-state index in [9.17, 15) is 0 Å². The zero-order valence-electron chi connectivity index (χ0n) is 10.9. The van der Waals surface area contributed by atoms with Crippen LogP contribution in [0.1, 0.15) is 42.4 Å². The molecular weight excluding hydrogens is 288 g/mol. The van der Waals surface area contributed by atoms with E-state index in [0.29, 0.717) is 10.9 Å². The molecule has 1 aromatic carbocycles. The van der Waals surface area contributed by atoms with Crippen LogP contribution in [-0.2, 0) is 6.42 Å². The van der Waals surface area contributed by atoms with E-state index in [1.807, 2.05) is 6.20 Å². The van der Waals surface area contributed by atoms with Gasteiger partial charge in [-0.3, -0.25) is 4.68 Å². The van der Waals surface area contributed by atoms with E-state index in [4.69, 9.17) is 0 Å². The maximum Gasteiger partial charge on any atom is 0.0492 e. The molecule has 1 aromatic heterocycles. The molecule has 0 aliphatic heterocycles. The molecule has 0 spiro atoms. The third kappa shape index (κ3) is 3.22. The fourth-order valence-electron chi connectivity index (χ4n) is 2.11. The van der Waals surface area contributed by atoms with Crippen molar-refractivity contribution in [3.8, 4) is 0 Å². The SMILES string of the molecule is CC(C)n1nccc1CCC(Br)c1ccccc1. The Bertz CT molecular complexity index is 476. The first-order valence-electron chi connectivity index (χ1n) is 6.40. The number of benzene rings is 1. The first-order valence-corrected chi connectivity index (χ1v) is 7.31. The summed E-state index contributed by atoms with van der Waals surface area (Å²) in [6, 6.07) is 13.1. The zero-order chi connectivity index (χ0) is 13.0. The predicted octanol–water partition coefficient (Wildman–Crippen LogP) is 4.53. The van der Waals surface area contributed by atoms with Gasteiger partial charge >= 0.3 is 0 Å². The van der Waals surface area contributed by atoms with E-state index in [1.165, 1.54) is 11.3 Å². The Morgan fingerprint density at radius 2 is 1.89 bits per heavy atom. The van der Waals surface area contributed by atoms with E-state index in [1.54, 1.807) is 0 Å². The van der Waals surface area contributed by atoms with Crippen molar-refractivity contribution >= 4 is 15.9 Å². The van der Waals surface area contributed by atoms with Gasteiger partial charge < -0.3 is 0 Å². The van der Waals surface area contributed by atoms with Gasteiger partial charge in [-0.05, 0) is 38.3 Å². The zero-order valence-corrected chi connectivity index (χ0v) is 12.5. The van der Waals surface area contributed by atoms with Crippen LogP contribution in [0.3, 0.4) is 0 Å². The third-order valence-electron chi connectivity index (χ3n) is 3.06. The minimum atomic E-state index is 0.411. The minimum absolute atomic E-state index is 0.411. The topological polar surface area (TPSA) is 17.8 Å². The van der Waals surface area contributed by atoms with Crippen LogP contribution in [0.4, 0.5) is 0 Å². The van der Waals surface area contributed by atoms with Crippen LogP contribution in [0.15, 0.2) is 42.6 Å². The molecule has 0 amide bonds. The summed E-state index contributed by atoms with van der Waals surface area (Å²) in [4.78, 5) is 0.411. The van der Waals surface area contributed by atoms with Gasteiger partial charge in [-0.1, -0.05) is 46.3 Å². The van der Waals surface area contributed by atoms with Gasteiger partial charge in [-0.15, -0.1) is 0 Å². The van der Waals surface area contributed by atoms with Crippen LogP contribution in [-0.4, -0.2) is 9.78 Å². The molecule has 1 atom stereocenters. The van der Waals surface area contributed by atoms with Crippen LogP contribution >= 0.6 is 15.9 Å². The number of aryl methyl sites for hydroxylation is 1. The van der Waals surface area contributed by atoms with Gasteiger partial charge in [0, 0.05) is 22.8 Å². The second kappa shape index (κ2) is 6.19. The van der Waals surface area contributed by atoms with Crippen molar-refractivity contribution in [1.82, 2.24) is 9.78 Å². The average molecular weight is 307 g/mol. The van der Waals surface area contributed by atoms with Crippen molar-refractivity contribution in [3.05, 3.63) is 53.9 Å². The van der Waals surface area contributed by atoms with Gasteiger partial charge in [0.25, 0.3) is 0 Å². The fraction of sp³-hybridized carbons (Fsp3) is 0.400. The van der Waals surface area contributed by atoms with Crippen LogP contribution in [0.5, 0.6) is 0 Å². The van der Waals surface area contributed by atoms with Crippen molar-refractivity contribution in [2.24, 2.45) is 0 Å². The fourth-order valence-corrected chi connectivity index (χ4v) is 2.64. The second-order valence-corrected chi connectivity index (χ2v) is 5.88. The third-order valence-corrected chi connectivity index (χ3v) is 4.04. The van der Waals surface area contributed by atoms with Crippen LogP contribution < -0.4 is 0 Å². The second-order valence-electron chi connectivity index (χ2n) is 4.78. The molecule has 0 saturated heterocycles. The summed E-state index contributed by atoms with van der Waals surface area (Å²) in [5, 5.41) is 4.37. The molecule has 0 N–H and O–H groups in total. The molecule has 0 fully saturated rings. The predicted molar refractivity (Wildman–Crippen MR) is 79.0 cm³/mol. The van der Waals surface area contributed by atoms with E-state index >= 15 is 0 Å². The molecular formula is C15H19BrN2. The van der Waals surface area contributed by atoms with E-state index in [2.05, 4.69) is 76.0 Å². The number of rotatable bonds is 5. The van der Waals surface area contributed by atoms with Crippen LogP contribution in [0.25, 0.3) is 0 Å². The molecule has 0 bridgehead atoms. The smallest absolute Gasteiger partial charge is 0.0492 e. The summed E-state index contributed by atoms with van der Waals surface area (Å²) in [5.41, 5.74) is 2.65. The molecule has 0 radical (unpaired) electrons. The molecule has 3 heteroatoms. The Balaban J connectivity index is 1.97. The molecule has 0 aliphatic carbocycles.